The van der Waals surface area contributed by atoms with Gasteiger partial charge in [-0.05, 0) is 148 Å². The largest absolute Gasteiger partial charge is 0.380 e. The van der Waals surface area contributed by atoms with Gasteiger partial charge in [-0.2, -0.15) is 0 Å². The van der Waals surface area contributed by atoms with Gasteiger partial charge in [-0.1, -0.05) is 220 Å². The number of hydrogen-bond donors (Lipinski definition) is 4. The molecule has 0 aromatic carbocycles. The fraction of sp³-hybridized carbons (Fsp3) is 1.00. The van der Waals surface area contributed by atoms with Crippen molar-refractivity contribution in [1.82, 2.24) is 21.3 Å². The number of piperidine rings is 1. The Morgan fingerprint density at radius 3 is 0.932 bits per heavy atom. The average Bonchev–Trinajstić information content (AvgIpc) is 3.59. The Morgan fingerprint density at radius 1 is 0.257 bits per heavy atom. The van der Waals surface area contributed by atoms with E-state index in [1.165, 1.54) is 174 Å². The van der Waals surface area contributed by atoms with Crippen molar-refractivity contribution in [1.29, 1.82) is 0 Å². The van der Waals surface area contributed by atoms with Crippen molar-refractivity contribution in [3.05, 3.63) is 0 Å². The van der Waals surface area contributed by atoms with E-state index in [1.807, 2.05) is 0 Å². The van der Waals surface area contributed by atoms with E-state index in [-0.39, 0.29) is 0 Å². The van der Waals surface area contributed by atoms with Gasteiger partial charge in [0.25, 0.3) is 0 Å². The molecule has 0 spiro atoms. The van der Waals surface area contributed by atoms with E-state index in [0.717, 1.165) is 130 Å². The van der Waals surface area contributed by atoms with Gasteiger partial charge in [0.05, 0.1) is 39.6 Å². The summed E-state index contributed by atoms with van der Waals surface area (Å²) >= 11 is 0. The quantitative estimate of drug-likeness (QED) is 0.193. The van der Waals surface area contributed by atoms with Gasteiger partial charge in [0.15, 0.2) is 0 Å². The third kappa shape index (κ3) is 37.6. The molecule has 4 N–H and O–H groups in total. The van der Waals surface area contributed by atoms with Crippen LogP contribution in [-0.4, -0.2) is 91.5 Å². The maximum absolute atomic E-state index is 5.41. The molecule has 4 unspecified atom stereocenters. The molecule has 5 saturated heterocycles. The van der Waals surface area contributed by atoms with Crippen molar-refractivity contribution < 1.29 is 14.2 Å². The molecule has 5 aliphatic heterocycles. The lowest BCUT2D eigenvalue weighted by Crippen LogP contribution is -2.37. The van der Waals surface area contributed by atoms with Crippen LogP contribution < -0.4 is 21.3 Å². The minimum absolute atomic E-state index is 0.600. The van der Waals surface area contributed by atoms with Gasteiger partial charge in [-0.15, -0.1) is 0 Å². The molecule has 7 nitrogen and oxygen atoms in total. The zero-order valence-electron chi connectivity index (χ0n) is 53.2. The minimum Gasteiger partial charge on any atom is -0.380 e. The highest BCUT2D eigenvalue weighted by Gasteiger charge is 2.21. The molecule has 444 valence electrons. The third-order valence-electron chi connectivity index (χ3n) is 18.6. The van der Waals surface area contributed by atoms with Crippen LogP contribution in [0.2, 0.25) is 0 Å². The van der Waals surface area contributed by atoms with Gasteiger partial charge < -0.3 is 35.5 Å². The van der Waals surface area contributed by atoms with Crippen molar-refractivity contribution in [2.75, 3.05) is 85.5 Å². The number of hydrogen-bond acceptors (Lipinski definition) is 7. The number of ether oxygens (including phenoxy) is 3. The molecular formula is C67H138N4O3. The van der Waals surface area contributed by atoms with E-state index in [0.29, 0.717) is 17.8 Å². The van der Waals surface area contributed by atoms with Crippen LogP contribution in [0.15, 0.2) is 0 Å². The maximum Gasteiger partial charge on any atom is 0.0700 e. The van der Waals surface area contributed by atoms with E-state index >= 15 is 0 Å². The van der Waals surface area contributed by atoms with Crippen LogP contribution in [-0.2, 0) is 14.2 Å². The van der Waals surface area contributed by atoms with E-state index in [2.05, 4.69) is 132 Å². The van der Waals surface area contributed by atoms with Crippen LogP contribution in [0.25, 0.3) is 0 Å². The van der Waals surface area contributed by atoms with Crippen molar-refractivity contribution >= 4 is 0 Å². The highest BCUT2D eigenvalue weighted by Crippen LogP contribution is 2.31. The van der Waals surface area contributed by atoms with E-state index in [4.69, 9.17) is 14.2 Å². The highest BCUT2D eigenvalue weighted by molar-refractivity contribution is 4.76. The molecule has 7 heteroatoms. The Labute approximate surface area is 465 Å². The van der Waals surface area contributed by atoms with Crippen LogP contribution >= 0.6 is 0 Å². The fourth-order valence-electron chi connectivity index (χ4n) is 11.9. The summed E-state index contributed by atoms with van der Waals surface area (Å²) in [4.78, 5) is 0. The lowest BCUT2D eigenvalue weighted by atomic mass is 9.82. The Kier molecular flexibility index (Phi) is 45.0. The molecule has 0 radical (unpaired) electrons. The van der Waals surface area contributed by atoms with Gasteiger partial charge in [-0.25, -0.2) is 0 Å². The molecule has 4 atom stereocenters. The monoisotopic (exact) mass is 1050 g/mol. The fourth-order valence-corrected chi connectivity index (χ4v) is 11.9. The van der Waals surface area contributed by atoms with Gasteiger partial charge >= 0.3 is 0 Å². The zero-order chi connectivity index (χ0) is 54.9. The smallest absolute Gasteiger partial charge is 0.0700 e. The standard InChI is InChI=1S/C9H19N.3C9H18.C8H17NO.C8H17N.C8H16O2.C7H15N/c1-8(2)9-5-3-4-6-10-7-9;3*1-8(2)9-6-4-3-5-7-9;1-7(2)8-5-9-3-4-10-6-8;1-7(2)8-5-3-4-6-9-8;1-7(2)8-5-9-3-4-10-6-8;1-6(2)7-3-4-8-5-7/h8-10H,3-7H2,1-2H3;3*8-9H,3-7H2,1-2H3;7-9H,3-6H2,1-2H3;7-9H,3-6H2,1-2H3;7-8H,3-6H2,1-2H3;6-8H,3-5H2,1-2H3. The molecule has 0 aromatic heterocycles. The first-order valence-electron chi connectivity index (χ1n) is 33.0. The summed E-state index contributed by atoms with van der Waals surface area (Å²) in [6, 6.07) is 0.804. The molecule has 3 aliphatic carbocycles. The summed E-state index contributed by atoms with van der Waals surface area (Å²) in [6.07, 6.45) is 32.2. The highest BCUT2D eigenvalue weighted by atomic mass is 16.5. The number of nitrogens with one attached hydrogen (secondary N) is 4. The molecule has 0 aromatic rings. The first-order chi connectivity index (χ1) is 35.4. The molecule has 8 aliphatic rings. The molecule has 8 rings (SSSR count). The van der Waals surface area contributed by atoms with Gasteiger partial charge in [0.1, 0.15) is 0 Å². The summed E-state index contributed by atoms with van der Waals surface area (Å²) in [5.41, 5.74) is 0. The average molecular weight is 1050 g/mol. The van der Waals surface area contributed by atoms with Crippen LogP contribution in [0.4, 0.5) is 0 Å². The first kappa shape index (κ1) is 71.7. The van der Waals surface area contributed by atoms with E-state index in [1.54, 1.807) is 0 Å². The van der Waals surface area contributed by atoms with E-state index < -0.39 is 0 Å². The molecule has 5 heterocycles. The lowest BCUT2D eigenvalue weighted by molar-refractivity contribution is 0.103. The lowest BCUT2D eigenvalue weighted by Gasteiger charge is -2.26. The van der Waals surface area contributed by atoms with Crippen LogP contribution in [0.3, 0.4) is 0 Å². The Bertz CT molecular complexity index is 994. The van der Waals surface area contributed by atoms with Gasteiger partial charge in [0.2, 0.25) is 0 Å². The van der Waals surface area contributed by atoms with Crippen LogP contribution in [0, 0.1) is 88.8 Å². The summed E-state index contributed by atoms with van der Waals surface area (Å²) < 4.78 is 16.1. The Morgan fingerprint density at radius 2 is 0.581 bits per heavy atom. The predicted octanol–water partition coefficient (Wildman–Crippen LogP) is 16.9. The second-order valence-electron chi connectivity index (χ2n) is 27.4. The first-order valence-corrected chi connectivity index (χ1v) is 33.0. The molecule has 0 bridgehead atoms. The minimum atomic E-state index is 0.600. The summed E-state index contributed by atoms with van der Waals surface area (Å²) in [7, 11) is 0. The summed E-state index contributed by atoms with van der Waals surface area (Å²) in [5, 5.41) is 13.7. The Hall–Kier alpha value is -0.280. The van der Waals surface area contributed by atoms with Crippen molar-refractivity contribution in [2.24, 2.45) is 88.8 Å². The number of rotatable bonds is 8. The summed E-state index contributed by atoms with van der Waals surface area (Å²) in [5.74, 6) is 13.2. The molecule has 0 amide bonds. The topological polar surface area (TPSA) is 75.8 Å². The molecule has 8 fully saturated rings. The second-order valence-corrected chi connectivity index (χ2v) is 27.4. The van der Waals surface area contributed by atoms with Crippen LogP contribution in [0.5, 0.6) is 0 Å². The normalized spacial score (nSPS) is 25.9. The zero-order valence-corrected chi connectivity index (χ0v) is 53.2. The predicted molar refractivity (Wildman–Crippen MR) is 328 cm³/mol. The van der Waals surface area contributed by atoms with Crippen LogP contribution in [0.1, 0.15) is 252 Å². The molecule has 3 saturated carbocycles. The van der Waals surface area contributed by atoms with Crippen molar-refractivity contribution in [2.45, 2.75) is 258 Å². The molecule has 74 heavy (non-hydrogen) atoms. The Balaban J connectivity index is 0.000000423. The van der Waals surface area contributed by atoms with Gasteiger partial charge in [0, 0.05) is 25.0 Å². The van der Waals surface area contributed by atoms with Crippen molar-refractivity contribution in [3.8, 4) is 0 Å². The van der Waals surface area contributed by atoms with Crippen molar-refractivity contribution in [3.63, 3.8) is 0 Å². The van der Waals surface area contributed by atoms with Gasteiger partial charge in [-0.3, -0.25) is 0 Å². The van der Waals surface area contributed by atoms with E-state index in [9.17, 15) is 0 Å². The molecular weight excluding hydrogens is 909 g/mol. The maximum atomic E-state index is 5.41. The SMILES string of the molecule is CC(C)C1CCCCC1.CC(C)C1CCCCC1.CC(C)C1CCCCC1.CC(C)C1CCCCN1.CC(C)C1CCCCNC1.CC(C)C1CCNC1.CC(C)C1CNCCOC1.CC(C)C1COCCOC1. The third-order valence-corrected chi connectivity index (χ3v) is 18.6. The summed E-state index contributed by atoms with van der Waals surface area (Å²) in [6.45, 7) is 50.4. The second kappa shape index (κ2) is 46.5.